The van der Waals surface area contributed by atoms with Crippen molar-refractivity contribution >= 4 is 119 Å². The lowest BCUT2D eigenvalue weighted by molar-refractivity contribution is 1.27. The number of rotatable bonds is 4. The van der Waals surface area contributed by atoms with E-state index in [0.717, 1.165) is 34.1 Å². The van der Waals surface area contributed by atoms with Crippen LogP contribution >= 0.6 is 11.3 Å². The van der Waals surface area contributed by atoms with Crippen LogP contribution in [-0.4, -0.2) is 0 Å². The number of anilines is 6. The Bertz CT molecular complexity index is 4270. The summed E-state index contributed by atoms with van der Waals surface area (Å²) < 4.78 is 2.61. The molecule has 13 aromatic rings. The predicted molar refractivity (Wildman–Crippen MR) is 298 cm³/mol. The van der Waals surface area contributed by atoms with E-state index in [0.29, 0.717) is 0 Å². The fourth-order valence-corrected chi connectivity index (χ4v) is 12.4. The van der Waals surface area contributed by atoms with Crippen LogP contribution in [0.5, 0.6) is 0 Å². The Morgan fingerprint density at radius 2 is 0.725 bits per heavy atom. The van der Waals surface area contributed by atoms with Crippen molar-refractivity contribution in [2.24, 2.45) is 0 Å². The summed E-state index contributed by atoms with van der Waals surface area (Å²) >= 11 is 1.90. The molecule has 0 saturated heterocycles. The predicted octanol–water partition coefficient (Wildman–Crippen LogP) is 19.5. The van der Waals surface area contributed by atoms with Crippen molar-refractivity contribution in [3.63, 3.8) is 0 Å². The maximum absolute atomic E-state index is 2.45. The topological polar surface area (TPSA) is 6.48 Å². The molecule has 1 aromatic heterocycles. The molecule has 14 rings (SSSR count). The maximum Gasteiger partial charge on any atom is 0.0542 e. The zero-order valence-corrected chi connectivity index (χ0v) is 38.4. The van der Waals surface area contributed by atoms with Crippen LogP contribution in [0.4, 0.5) is 34.1 Å². The lowest BCUT2D eigenvalue weighted by Crippen LogP contribution is -2.13. The molecule has 0 fully saturated rings. The third kappa shape index (κ3) is 6.25. The number of thiophene rings is 1. The molecular formula is C66H42N2S. The molecular weight excluding hydrogens is 853 g/mol. The Kier molecular flexibility index (Phi) is 9.11. The summed E-state index contributed by atoms with van der Waals surface area (Å²) in [4.78, 5) is 4.87. The Balaban J connectivity index is 1.10. The van der Waals surface area contributed by atoms with Crippen LogP contribution in [0.2, 0.25) is 0 Å². The van der Waals surface area contributed by atoms with Crippen LogP contribution in [0.3, 0.4) is 0 Å². The second-order valence-electron chi connectivity index (χ2n) is 17.9. The van der Waals surface area contributed by atoms with E-state index >= 15 is 0 Å². The molecule has 0 spiro atoms. The molecule has 322 valence electrons. The summed E-state index contributed by atoms with van der Waals surface area (Å²) in [6, 6.07) is 94.2. The summed E-state index contributed by atoms with van der Waals surface area (Å²) in [5.41, 5.74) is 11.5. The number of nitrogens with zero attached hydrogens (tertiary/aromatic N) is 2. The van der Waals surface area contributed by atoms with Gasteiger partial charge in [-0.1, -0.05) is 188 Å². The lowest BCUT2D eigenvalue weighted by atomic mass is 9.93. The minimum atomic E-state index is 1.08. The third-order valence-corrected chi connectivity index (χ3v) is 15.4. The van der Waals surface area contributed by atoms with Crippen molar-refractivity contribution in [1.29, 1.82) is 0 Å². The number of para-hydroxylation sites is 3. The van der Waals surface area contributed by atoms with E-state index in [2.05, 4.69) is 265 Å². The Labute approximate surface area is 404 Å². The van der Waals surface area contributed by atoms with Crippen LogP contribution in [0.25, 0.3) is 96.3 Å². The molecule has 0 unspecified atom stereocenters. The number of hydrogen-bond donors (Lipinski definition) is 0. The number of hydrogen-bond acceptors (Lipinski definition) is 3. The standard InChI is InChI=1S/C66H42N2S/c1-3-19-43(20-4-1)67(46-36-40-63-61(42-46)53-29-12-10-26-50(53)55-30-15-17-33-62(55)68(63)44-21-5-2-6-22-44)45-35-37-54-58-38-39-59-56-31-16-18-34-64(56)69-66(59)65(58)57-32-14-13-27-51(57)48-24-8-7-23-47(48)49-25-9-11-28-52(49)60(54)41-45/h1-42H. The summed E-state index contributed by atoms with van der Waals surface area (Å²) in [6.45, 7) is 0. The summed E-state index contributed by atoms with van der Waals surface area (Å²) in [5, 5.41) is 14.8. The van der Waals surface area contributed by atoms with E-state index in [4.69, 9.17) is 0 Å². The minimum Gasteiger partial charge on any atom is -0.310 e. The Hall–Kier alpha value is -8.76. The van der Waals surface area contributed by atoms with Crippen molar-refractivity contribution in [2.45, 2.75) is 0 Å². The molecule has 2 heterocycles. The molecule has 0 bridgehead atoms. The SMILES string of the molecule is c1ccc(N(c2ccc3c(c2)-c2ccccc2-c2ccccc2N3c2ccccc2)c2ccc3c(c2)c2ccccc2c2ccccc2c2ccccc2c2c3ccc3c4ccccc4sc32)cc1. The van der Waals surface area contributed by atoms with Crippen LogP contribution in [0.1, 0.15) is 0 Å². The van der Waals surface area contributed by atoms with Gasteiger partial charge in [0.25, 0.3) is 0 Å². The maximum atomic E-state index is 2.45. The fraction of sp³-hybridized carbons (Fsp3) is 0. The first-order valence-electron chi connectivity index (χ1n) is 23.7. The molecule has 0 N–H and O–H groups in total. The summed E-state index contributed by atoms with van der Waals surface area (Å²) in [5.74, 6) is 0. The Morgan fingerprint density at radius 3 is 1.43 bits per heavy atom. The van der Waals surface area contributed by atoms with Crippen molar-refractivity contribution in [2.75, 3.05) is 9.80 Å². The average molecular weight is 895 g/mol. The van der Waals surface area contributed by atoms with Crippen LogP contribution in [-0.2, 0) is 0 Å². The zero-order valence-electron chi connectivity index (χ0n) is 37.6. The van der Waals surface area contributed by atoms with Gasteiger partial charge in [0.05, 0.1) is 11.4 Å². The normalized spacial score (nSPS) is 12.0. The number of benzene rings is 11. The van der Waals surface area contributed by atoms with E-state index < -0.39 is 0 Å². The highest BCUT2D eigenvalue weighted by molar-refractivity contribution is 7.26. The molecule has 0 saturated carbocycles. The van der Waals surface area contributed by atoms with Crippen LogP contribution in [0.15, 0.2) is 255 Å². The van der Waals surface area contributed by atoms with E-state index in [9.17, 15) is 0 Å². The first kappa shape index (κ1) is 39.4. The molecule has 3 heteroatoms. The minimum absolute atomic E-state index is 1.08. The first-order valence-corrected chi connectivity index (χ1v) is 24.5. The van der Waals surface area contributed by atoms with Gasteiger partial charge in [-0.15, -0.1) is 11.3 Å². The second kappa shape index (κ2) is 16.0. The molecule has 0 aliphatic carbocycles. The zero-order chi connectivity index (χ0) is 45.4. The summed E-state index contributed by atoms with van der Waals surface area (Å²) in [6.07, 6.45) is 0. The van der Waals surface area contributed by atoms with Gasteiger partial charge in [-0.05, 0) is 126 Å². The van der Waals surface area contributed by atoms with Gasteiger partial charge in [0, 0.05) is 59.4 Å². The van der Waals surface area contributed by atoms with Crippen LogP contribution < -0.4 is 9.80 Å². The fourth-order valence-electron chi connectivity index (χ4n) is 11.2. The van der Waals surface area contributed by atoms with Crippen molar-refractivity contribution in [1.82, 2.24) is 0 Å². The van der Waals surface area contributed by atoms with Gasteiger partial charge in [0.1, 0.15) is 0 Å². The van der Waals surface area contributed by atoms with E-state index in [1.807, 2.05) is 11.3 Å². The highest BCUT2D eigenvalue weighted by Crippen LogP contribution is 2.53. The van der Waals surface area contributed by atoms with Crippen molar-refractivity contribution in [3.8, 4) is 22.3 Å². The molecule has 69 heavy (non-hydrogen) atoms. The van der Waals surface area contributed by atoms with Gasteiger partial charge in [0.2, 0.25) is 0 Å². The quantitative estimate of drug-likeness (QED) is 0.174. The third-order valence-electron chi connectivity index (χ3n) is 14.2. The second-order valence-corrected chi connectivity index (χ2v) is 19.0. The molecule has 12 aromatic carbocycles. The van der Waals surface area contributed by atoms with Gasteiger partial charge >= 0.3 is 0 Å². The largest absolute Gasteiger partial charge is 0.310 e. The summed E-state index contributed by atoms with van der Waals surface area (Å²) in [7, 11) is 0. The molecule has 1 aliphatic heterocycles. The van der Waals surface area contributed by atoms with Gasteiger partial charge in [-0.25, -0.2) is 0 Å². The first-order chi connectivity index (χ1) is 34.3. The van der Waals surface area contributed by atoms with E-state index in [1.54, 1.807) is 0 Å². The Morgan fingerprint density at radius 1 is 0.275 bits per heavy atom. The van der Waals surface area contributed by atoms with Gasteiger partial charge in [-0.3, -0.25) is 0 Å². The lowest BCUT2D eigenvalue weighted by Gasteiger charge is -2.30. The molecule has 1 aliphatic rings. The van der Waals surface area contributed by atoms with E-state index in [1.165, 1.54) is 96.3 Å². The molecule has 0 amide bonds. The molecule has 0 atom stereocenters. The van der Waals surface area contributed by atoms with Gasteiger partial charge in [0.15, 0.2) is 0 Å². The monoisotopic (exact) mass is 894 g/mol. The van der Waals surface area contributed by atoms with Crippen molar-refractivity contribution in [3.05, 3.63) is 255 Å². The van der Waals surface area contributed by atoms with E-state index in [-0.39, 0.29) is 0 Å². The van der Waals surface area contributed by atoms with Crippen LogP contribution in [0, 0.1) is 0 Å². The van der Waals surface area contributed by atoms with Crippen molar-refractivity contribution < 1.29 is 0 Å². The highest BCUT2D eigenvalue weighted by Gasteiger charge is 2.27. The van der Waals surface area contributed by atoms with Gasteiger partial charge < -0.3 is 9.80 Å². The van der Waals surface area contributed by atoms with Gasteiger partial charge in [-0.2, -0.15) is 0 Å². The molecule has 0 radical (unpaired) electrons. The smallest absolute Gasteiger partial charge is 0.0542 e. The molecule has 2 nitrogen and oxygen atoms in total. The highest BCUT2D eigenvalue weighted by atomic mass is 32.1. The average Bonchev–Trinajstić information content (AvgIpc) is 3.75. The number of fused-ring (bicyclic) bond motifs is 19.